The van der Waals surface area contributed by atoms with Crippen LogP contribution in [0.3, 0.4) is 0 Å². The highest BCUT2D eigenvalue weighted by Crippen LogP contribution is 2.15. The van der Waals surface area contributed by atoms with Gasteiger partial charge in [-0.05, 0) is 31.0 Å². The first kappa shape index (κ1) is 16.6. The number of carbonyl (C=O) groups excluding carboxylic acids is 1. The predicted octanol–water partition coefficient (Wildman–Crippen LogP) is 2.49. The standard InChI is InChI=1S/C19H22N2O3/c1-14-16(8-5-10-20-14)19(22)21-17-9-11-23-13-18(17)24-12-15-6-3-2-4-7-15/h2-8,10,17-18H,9,11-13H2,1H3,(H,21,22)/t17-,18-/m1/s1. The highest BCUT2D eigenvalue weighted by atomic mass is 16.5. The Morgan fingerprint density at radius 2 is 2.12 bits per heavy atom. The highest BCUT2D eigenvalue weighted by molar-refractivity contribution is 5.95. The van der Waals surface area contributed by atoms with E-state index in [4.69, 9.17) is 9.47 Å². The van der Waals surface area contributed by atoms with Gasteiger partial charge in [-0.1, -0.05) is 30.3 Å². The predicted molar refractivity (Wildman–Crippen MR) is 90.7 cm³/mol. The van der Waals surface area contributed by atoms with Gasteiger partial charge < -0.3 is 14.8 Å². The summed E-state index contributed by atoms with van der Waals surface area (Å²) in [6.07, 6.45) is 2.27. The molecule has 5 nitrogen and oxygen atoms in total. The summed E-state index contributed by atoms with van der Waals surface area (Å²) in [7, 11) is 0. The number of rotatable bonds is 5. The van der Waals surface area contributed by atoms with Crippen molar-refractivity contribution < 1.29 is 14.3 Å². The molecule has 0 saturated carbocycles. The van der Waals surface area contributed by atoms with Crippen LogP contribution in [-0.4, -0.2) is 36.3 Å². The molecule has 5 heteroatoms. The molecule has 0 unspecified atom stereocenters. The second-order valence-electron chi connectivity index (χ2n) is 5.91. The summed E-state index contributed by atoms with van der Waals surface area (Å²) in [5, 5.41) is 3.08. The Bertz CT molecular complexity index is 675. The molecular formula is C19H22N2O3. The van der Waals surface area contributed by atoms with Crippen molar-refractivity contribution in [3.05, 3.63) is 65.5 Å². The highest BCUT2D eigenvalue weighted by Gasteiger charge is 2.28. The summed E-state index contributed by atoms with van der Waals surface area (Å²) in [6, 6.07) is 13.5. The molecule has 1 aromatic heterocycles. The number of hydrogen-bond acceptors (Lipinski definition) is 4. The summed E-state index contributed by atoms with van der Waals surface area (Å²) in [6.45, 7) is 3.46. The first-order valence-electron chi connectivity index (χ1n) is 8.20. The van der Waals surface area contributed by atoms with Crippen LogP contribution < -0.4 is 5.32 Å². The van der Waals surface area contributed by atoms with Crippen molar-refractivity contribution in [1.29, 1.82) is 0 Å². The third kappa shape index (κ3) is 4.19. The average molecular weight is 326 g/mol. The Morgan fingerprint density at radius 1 is 1.29 bits per heavy atom. The fourth-order valence-electron chi connectivity index (χ4n) is 2.79. The monoisotopic (exact) mass is 326 g/mol. The van der Waals surface area contributed by atoms with Crippen LogP contribution in [0, 0.1) is 6.92 Å². The minimum atomic E-state index is -0.153. The van der Waals surface area contributed by atoms with Crippen LogP contribution in [0.2, 0.25) is 0 Å². The summed E-state index contributed by atoms with van der Waals surface area (Å²) >= 11 is 0. The van der Waals surface area contributed by atoms with Gasteiger partial charge in [-0.3, -0.25) is 9.78 Å². The number of aryl methyl sites for hydroxylation is 1. The summed E-state index contributed by atoms with van der Waals surface area (Å²) in [5.74, 6) is -0.110. The molecule has 1 amide bonds. The quantitative estimate of drug-likeness (QED) is 0.917. The number of benzene rings is 1. The van der Waals surface area contributed by atoms with Crippen LogP contribution in [0.25, 0.3) is 0 Å². The lowest BCUT2D eigenvalue weighted by Crippen LogP contribution is -2.50. The number of aromatic nitrogens is 1. The molecule has 2 atom stereocenters. The van der Waals surface area contributed by atoms with Gasteiger partial charge in [0, 0.05) is 18.5 Å². The average Bonchev–Trinajstić information content (AvgIpc) is 2.62. The maximum Gasteiger partial charge on any atom is 0.253 e. The van der Waals surface area contributed by atoms with Crippen LogP contribution in [0.1, 0.15) is 28.0 Å². The van der Waals surface area contributed by atoms with Crippen LogP contribution >= 0.6 is 0 Å². The molecule has 1 N–H and O–H groups in total. The Balaban J connectivity index is 1.62. The lowest BCUT2D eigenvalue weighted by atomic mass is 10.0. The first-order chi connectivity index (χ1) is 11.7. The zero-order chi connectivity index (χ0) is 16.8. The Morgan fingerprint density at radius 3 is 2.92 bits per heavy atom. The lowest BCUT2D eigenvalue weighted by molar-refractivity contribution is -0.0736. The fourth-order valence-corrected chi connectivity index (χ4v) is 2.79. The molecule has 1 aliphatic rings. The Hall–Kier alpha value is -2.24. The molecule has 24 heavy (non-hydrogen) atoms. The van der Waals surface area contributed by atoms with Crippen LogP contribution in [-0.2, 0) is 16.1 Å². The third-order valence-corrected chi connectivity index (χ3v) is 4.18. The lowest BCUT2D eigenvalue weighted by Gasteiger charge is -2.32. The normalized spacial score (nSPS) is 20.5. The van der Waals surface area contributed by atoms with Crippen molar-refractivity contribution in [2.24, 2.45) is 0 Å². The van der Waals surface area contributed by atoms with E-state index in [2.05, 4.69) is 10.3 Å². The van der Waals surface area contributed by atoms with E-state index >= 15 is 0 Å². The van der Waals surface area contributed by atoms with E-state index in [1.807, 2.05) is 37.3 Å². The number of pyridine rings is 1. The van der Waals surface area contributed by atoms with E-state index in [-0.39, 0.29) is 18.1 Å². The minimum Gasteiger partial charge on any atom is -0.379 e. The van der Waals surface area contributed by atoms with Crippen molar-refractivity contribution in [3.8, 4) is 0 Å². The zero-order valence-corrected chi connectivity index (χ0v) is 13.8. The maximum absolute atomic E-state index is 12.5. The van der Waals surface area contributed by atoms with E-state index in [0.29, 0.717) is 25.4 Å². The van der Waals surface area contributed by atoms with E-state index in [0.717, 1.165) is 17.7 Å². The number of ether oxygens (including phenoxy) is 2. The molecule has 0 spiro atoms. The van der Waals surface area contributed by atoms with Crippen molar-refractivity contribution in [2.75, 3.05) is 13.2 Å². The fraction of sp³-hybridized carbons (Fsp3) is 0.368. The zero-order valence-electron chi connectivity index (χ0n) is 13.8. The molecule has 126 valence electrons. The number of amides is 1. The van der Waals surface area contributed by atoms with Crippen LogP contribution in [0.15, 0.2) is 48.7 Å². The topological polar surface area (TPSA) is 60.5 Å². The van der Waals surface area contributed by atoms with Crippen molar-refractivity contribution in [3.63, 3.8) is 0 Å². The van der Waals surface area contributed by atoms with Gasteiger partial charge in [0.05, 0.1) is 24.8 Å². The van der Waals surface area contributed by atoms with E-state index in [1.54, 1.807) is 18.3 Å². The van der Waals surface area contributed by atoms with Gasteiger partial charge >= 0.3 is 0 Å². The molecule has 3 rings (SSSR count). The second kappa shape index (κ2) is 8.04. The summed E-state index contributed by atoms with van der Waals surface area (Å²) in [5.41, 5.74) is 2.44. The van der Waals surface area contributed by atoms with E-state index in [1.165, 1.54) is 0 Å². The third-order valence-electron chi connectivity index (χ3n) is 4.18. The van der Waals surface area contributed by atoms with Gasteiger partial charge in [0.2, 0.25) is 0 Å². The van der Waals surface area contributed by atoms with Crippen LogP contribution in [0.4, 0.5) is 0 Å². The largest absolute Gasteiger partial charge is 0.379 e. The summed E-state index contributed by atoms with van der Waals surface area (Å²) < 4.78 is 11.5. The molecule has 2 aromatic rings. The molecule has 1 saturated heterocycles. The van der Waals surface area contributed by atoms with Gasteiger partial charge in [-0.15, -0.1) is 0 Å². The SMILES string of the molecule is Cc1ncccc1C(=O)N[C@@H]1CCOC[C@H]1OCc1ccccc1. The molecule has 0 bridgehead atoms. The molecule has 1 aliphatic heterocycles. The number of nitrogens with one attached hydrogen (secondary N) is 1. The molecule has 2 heterocycles. The van der Waals surface area contributed by atoms with Crippen molar-refractivity contribution in [1.82, 2.24) is 10.3 Å². The number of nitrogens with zero attached hydrogens (tertiary/aromatic N) is 1. The first-order valence-corrected chi connectivity index (χ1v) is 8.20. The Kier molecular flexibility index (Phi) is 5.56. The van der Waals surface area contributed by atoms with Crippen molar-refractivity contribution >= 4 is 5.91 Å². The van der Waals surface area contributed by atoms with Crippen LogP contribution in [0.5, 0.6) is 0 Å². The van der Waals surface area contributed by atoms with E-state index < -0.39 is 0 Å². The molecular weight excluding hydrogens is 304 g/mol. The molecule has 0 radical (unpaired) electrons. The maximum atomic E-state index is 12.5. The van der Waals surface area contributed by atoms with Gasteiger partial charge in [0.15, 0.2) is 0 Å². The molecule has 0 aliphatic carbocycles. The van der Waals surface area contributed by atoms with Gasteiger partial charge in [-0.2, -0.15) is 0 Å². The summed E-state index contributed by atoms with van der Waals surface area (Å²) in [4.78, 5) is 16.7. The van der Waals surface area contributed by atoms with Crippen molar-refractivity contribution in [2.45, 2.75) is 32.1 Å². The van der Waals surface area contributed by atoms with Gasteiger partial charge in [0.1, 0.15) is 6.10 Å². The van der Waals surface area contributed by atoms with E-state index in [9.17, 15) is 4.79 Å². The smallest absolute Gasteiger partial charge is 0.253 e. The number of hydrogen-bond donors (Lipinski definition) is 1. The minimum absolute atomic E-state index is 0.0606. The molecule has 1 aromatic carbocycles. The van der Waals surface area contributed by atoms with Gasteiger partial charge in [0.25, 0.3) is 5.91 Å². The second-order valence-corrected chi connectivity index (χ2v) is 5.91. The van der Waals surface area contributed by atoms with Gasteiger partial charge in [-0.25, -0.2) is 0 Å². The Labute approximate surface area is 142 Å². The molecule has 1 fully saturated rings. The number of carbonyl (C=O) groups is 1.